The number of phenols is 1. The summed E-state index contributed by atoms with van der Waals surface area (Å²) in [7, 11) is 0. The molecule has 1 aliphatic rings. The van der Waals surface area contributed by atoms with E-state index in [1.165, 1.54) is 5.39 Å². The zero-order valence-corrected chi connectivity index (χ0v) is 21.3. The monoisotopic (exact) mass is 516 g/mol. The minimum atomic E-state index is -0.370. The smallest absolute Gasteiger partial charge is 0.252 e. The molecule has 6 aromatic rings. The Morgan fingerprint density at radius 3 is 2.82 bits per heavy atom. The van der Waals surface area contributed by atoms with Crippen molar-refractivity contribution < 1.29 is 9.90 Å². The summed E-state index contributed by atoms with van der Waals surface area (Å²) < 4.78 is 0. The van der Waals surface area contributed by atoms with Crippen LogP contribution in [0.2, 0.25) is 0 Å². The summed E-state index contributed by atoms with van der Waals surface area (Å²) in [5, 5.41) is 19.4. The minimum Gasteiger partial charge on any atom is -0.508 e. The third kappa shape index (κ3) is 3.97. The van der Waals surface area contributed by atoms with Crippen molar-refractivity contribution >= 4 is 27.7 Å². The molecule has 1 aliphatic heterocycles. The molecule has 1 amide bonds. The molecule has 3 unspecified atom stereocenters. The van der Waals surface area contributed by atoms with Crippen LogP contribution in [0.15, 0.2) is 85.5 Å². The lowest BCUT2D eigenvalue weighted by Crippen LogP contribution is -2.27. The first kappa shape index (κ1) is 23.3. The predicted octanol–water partition coefficient (Wildman–Crippen LogP) is 5.55. The Morgan fingerprint density at radius 2 is 1.95 bits per heavy atom. The van der Waals surface area contributed by atoms with Crippen LogP contribution in [0.5, 0.6) is 5.75 Å². The maximum atomic E-state index is 12.9. The Balaban J connectivity index is 1.29. The van der Waals surface area contributed by atoms with Crippen molar-refractivity contribution in [1.29, 1.82) is 0 Å². The van der Waals surface area contributed by atoms with E-state index < -0.39 is 0 Å². The van der Waals surface area contributed by atoms with E-state index in [4.69, 9.17) is 0 Å². The molecule has 194 valence electrons. The van der Waals surface area contributed by atoms with E-state index >= 15 is 0 Å². The molecular formula is C31H28N6O2. The SMILES string of the molecule is CC(c1c[nH]cn1)C(NCc1[nH]c2ccccc2c1C1NC(=O)c2ccc(O)cc21)c1ccc2cc[nH]c2c1. The third-order valence-corrected chi connectivity index (χ3v) is 7.91. The van der Waals surface area contributed by atoms with Crippen molar-refractivity contribution in [2.24, 2.45) is 0 Å². The molecule has 7 rings (SSSR count). The normalized spacial score (nSPS) is 16.4. The average molecular weight is 517 g/mol. The molecule has 4 heterocycles. The molecule has 39 heavy (non-hydrogen) atoms. The number of aromatic hydroxyl groups is 1. The number of para-hydroxylation sites is 1. The van der Waals surface area contributed by atoms with Crippen LogP contribution in [-0.2, 0) is 6.54 Å². The number of benzene rings is 3. The van der Waals surface area contributed by atoms with E-state index in [-0.39, 0.29) is 29.7 Å². The number of nitrogens with zero attached hydrogens (tertiary/aromatic N) is 1. The lowest BCUT2D eigenvalue weighted by Gasteiger charge is -2.25. The Bertz CT molecular complexity index is 1820. The molecule has 8 nitrogen and oxygen atoms in total. The summed E-state index contributed by atoms with van der Waals surface area (Å²) >= 11 is 0. The van der Waals surface area contributed by atoms with Crippen LogP contribution >= 0.6 is 0 Å². The van der Waals surface area contributed by atoms with Crippen molar-refractivity contribution in [2.75, 3.05) is 0 Å². The number of amides is 1. The summed E-state index contributed by atoms with van der Waals surface area (Å²) in [6, 6.07) is 21.2. The highest BCUT2D eigenvalue weighted by molar-refractivity contribution is 6.01. The van der Waals surface area contributed by atoms with Crippen LogP contribution in [0.1, 0.15) is 63.4 Å². The standard InChI is InChI=1S/C31H28N6O2/c1-17(26-14-32-16-35-26)29(19-7-6-18-10-11-33-25(18)12-19)34-15-27-28(22-4-2-3-5-24(22)36-27)30-23-13-20(38)8-9-21(23)31(39)37-30/h2-14,16-17,29-30,33-34,36,38H,15H2,1H3,(H,32,35)(H,37,39). The number of H-pyrrole nitrogens is 3. The molecule has 3 aromatic heterocycles. The van der Waals surface area contributed by atoms with Gasteiger partial charge in [-0.1, -0.05) is 37.3 Å². The van der Waals surface area contributed by atoms with E-state index in [1.807, 2.05) is 30.6 Å². The second-order valence-electron chi connectivity index (χ2n) is 10.2. The number of nitrogens with one attached hydrogen (secondary N) is 5. The molecule has 6 N–H and O–H groups in total. The van der Waals surface area contributed by atoms with Gasteiger partial charge in [0.1, 0.15) is 5.75 Å². The van der Waals surface area contributed by atoms with Crippen LogP contribution in [0.4, 0.5) is 0 Å². The molecular weight excluding hydrogens is 488 g/mol. The second-order valence-corrected chi connectivity index (χ2v) is 10.2. The van der Waals surface area contributed by atoms with Crippen molar-refractivity contribution in [3.05, 3.63) is 119 Å². The fourth-order valence-electron chi connectivity index (χ4n) is 5.94. The summed E-state index contributed by atoms with van der Waals surface area (Å²) in [6.07, 6.45) is 5.61. The maximum Gasteiger partial charge on any atom is 0.252 e. The molecule has 3 aromatic carbocycles. The van der Waals surface area contributed by atoms with E-state index in [9.17, 15) is 9.90 Å². The molecule has 0 saturated carbocycles. The number of phenolic OH excluding ortho intramolecular Hbond substituents is 1. The number of carbonyl (C=O) groups excluding carboxylic acids is 1. The molecule has 3 atom stereocenters. The molecule has 0 spiro atoms. The Morgan fingerprint density at radius 1 is 1.05 bits per heavy atom. The first-order valence-corrected chi connectivity index (χ1v) is 13.1. The van der Waals surface area contributed by atoms with Gasteiger partial charge >= 0.3 is 0 Å². The van der Waals surface area contributed by atoms with Gasteiger partial charge in [-0.2, -0.15) is 0 Å². The minimum absolute atomic E-state index is 0.0326. The summed E-state index contributed by atoms with van der Waals surface area (Å²) in [4.78, 5) is 27.4. The van der Waals surface area contributed by atoms with Gasteiger partial charge in [0.25, 0.3) is 5.91 Å². The van der Waals surface area contributed by atoms with Gasteiger partial charge in [0.2, 0.25) is 0 Å². The fraction of sp³-hybridized carbons (Fsp3) is 0.161. The summed E-state index contributed by atoms with van der Waals surface area (Å²) in [5.74, 6) is 0.0891. The summed E-state index contributed by atoms with van der Waals surface area (Å²) in [6.45, 7) is 2.71. The molecule has 0 fully saturated rings. The lowest BCUT2D eigenvalue weighted by molar-refractivity contribution is 0.0960. The van der Waals surface area contributed by atoms with E-state index in [0.717, 1.165) is 44.5 Å². The van der Waals surface area contributed by atoms with Gasteiger partial charge in [0, 0.05) is 64.1 Å². The molecule has 0 aliphatic carbocycles. The van der Waals surface area contributed by atoms with Crippen molar-refractivity contribution in [3.63, 3.8) is 0 Å². The van der Waals surface area contributed by atoms with Gasteiger partial charge < -0.3 is 30.7 Å². The Labute approximate surface area is 224 Å². The van der Waals surface area contributed by atoms with Crippen LogP contribution in [0.25, 0.3) is 21.8 Å². The van der Waals surface area contributed by atoms with Crippen LogP contribution in [-0.4, -0.2) is 30.9 Å². The number of hydrogen-bond donors (Lipinski definition) is 6. The zero-order chi connectivity index (χ0) is 26.5. The first-order chi connectivity index (χ1) is 19.1. The highest BCUT2D eigenvalue weighted by Crippen LogP contribution is 2.39. The number of aromatic amines is 3. The van der Waals surface area contributed by atoms with E-state index in [2.05, 4.69) is 67.8 Å². The number of aromatic nitrogens is 4. The van der Waals surface area contributed by atoms with Crippen molar-refractivity contribution in [2.45, 2.75) is 31.5 Å². The Hall–Kier alpha value is -4.82. The maximum absolute atomic E-state index is 12.9. The molecule has 8 heteroatoms. The highest BCUT2D eigenvalue weighted by atomic mass is 16.3. The molecule has 0 saturated heterocycles. The van der Waals surface area contributed by atoms with Crippen LogP contribution < -0.4 is 10.6 Å². The van der Waals surface area contributed by atoms with Gasteiger partial charge in [-0.15, -0.1) is 0 Å². The molecule has 0 bridgehead atoms. The van der Waals surface area contributed by atoms with Gasteiger partial charge in [0.15, 0.2) is 0 Å². The van der Waals surface area contributed by atoms with Crippen molar-refractivity contribution in [1.82, 2.24) is 30.6 Å². The van der Waals surface area contributed by atoms with Crippen molar-refractivity contribution in [3.8, 4) is 5.75 Å². The van der Waals surface area contributed by atoms with E-state index in [1.54, 1.807) is 24.5 Å². The predicted molar refractivity (Wildman–Crippen MR) is 151 cm³/mol. The largest absolute Gasteiger partial charge is 0.508 e. The zero-order valence-electron chi connectivity index (χ0n) is 21.3. The van der Waals surface area contributed by atoms with Crippen LogP contribution in [0, 0.1) is 0 Å². The van der Waals surface area contributed by atoms with Gasteiger partial charge in [-0.25, -0.2) is 4.98 Å². The Kier molecular flexibility index (Phi) is 5.49. The van der Waals surface area contributed by atoms with Gasteiger partial charge in [-0.3, -0.25) is 4.79 Å². The number of hydrogen-bond acceptors (Lipinski definition) is 4. The second kappa shape index (κ2) is 9.18. The third-order valence-electron chi connectivity index (χ3n) is 7.91. The van der Waals surface area contributed by atoms with Crippen LogP contribution in [0.3, 0.4) is 0 Å². The first-order valence-electron chi connectivity index (χ1n) is 13.1. The van der Waals surface area contributed by atoms with Gasteiger partial charge in [0.05, 0.1) is 18.1 Å². The molecule has 0 radical (unpaired) electrons. The topological polar surface area (TPSA) is 122 Å². The number of carbonyl (C=O) groups is 1. The quantitative estimate of drug-likeness (QED) is 0.167. The number of imidazole rings is 1. The lowest BCUT2D eigenvalue weighted by atomic mass is 9.91. The number of rotatable bonds is 7. The van der Waals surface area contributed by atoms with E-state index in [0.29, 0.717) is 12.1 Å². The van der Waals surface area contributed by atoms with Gasteiger partial charge in [-0.05, 0) is 52.9 Å². The summed E-state index contributed by atoms with van der Waals surface area (Å²) in [5.41, 5.74) is 7.57. The highest BCUT2D eigenvalue weighted by Gasteiger charge is 2.34. The number of fused-ring (bicyclic) bond motifs is 3. The fourth-order valence-corrected chi connectivity index (χ4v) is 5.94. The average Bonchev–Trinajstić information content (AvgIpc) is 3.74.